The Labute approximate surface area is 137 Å². The molecule has 0 unspecified atom stereocenters. The van der Waals surface area contributed by atoms with Crippen molar-refractivity contribution in [1.29, 1.82) is 0 Å². The van der Waals surface area contributed by atoms with Crippen LogP contribution in [0.15, 0.2) is 24.3 Å². The minimum absolute atomic E-state index is 0.511. The highest BCUT2D eigenvalue weighted by Crippen LogP contribution is 2.42. The van der Waals surface area contributed by atoms with Gasteiger partial charge in [-0.1, -0.05) is 29.8 Å². The molecular formula is C18H26FNO3. The maximum absolute atomic E-state index is 13.8. The van der Waals surface area contributed by atoms with Gasteiger partial charge >= 0.3 is 6.09 Å². The lowest BCUT2D eigenvalue weighted by Crippen LogP contribution is -2.50. The molecule has 4 nitrogen and oxygen atoms in total. The summed E-state index contributed by atoms with van der Waals surface area (Å²) in [4.78, 5) is 13.9. The number of halogens is 1. The van der Waals surface area contributed by atoms with Crippen LogP contribution in [0.25, 0.3) is 0 Å². The van der Waals surface area contributed by atoms with Crippen molar-refractivity contribution in [2.24, 2.45) is 0 Å². The fourth-order valence-electron chi connectivity index (χ4n) is 2.84. The molecule has 2 rings (SSSR count). The second-order valence-electron chi connectivity index (χ2n) is 7.47. The van der Waals surface area contributed by atoms with E-state index >= 15 is 0 Å². The Kier molecular flexibility index (Phi) is 4.71. The molecule has 1 aromatic carbocycles. The molecule has 1 aliphatic rings. The van der Waals surface area contributed by atoms with E-state index in [-0.39, 0.29) is 0 Å². The topological polar surface area (TPSA) is 38.8 Å². The molecule has 1 amide bonds. The van der Waals surface area contributed by atoms with Gasteiger partial charge in [0.05, 0.1) is 6.04 Å². The molecule has 0 spiro atoms. The van der Waals surface area contributed by atoms with Gasteiger partial charge in [-0.2, -0.15) is 0 Å². The van der Waals surface area contributed by atoms with E-state index < -0.39 is 36.2 Å². The van der Waals surface area contributed by atoms with Gasteiger partial charge in [-0.15, -0.1) is 0 Å². The van der Waals surface area contributed by atoms with E-state index in [1.807, 2.05) is 31.2 Å². The maximum atomic E-state index is 13.8. The Morgan fingerprint density at radius 1 is 1.30 bits per heavy atom. The quantitative estimate of drug-likeness (QED) is 0.811. The molecule has 128 valence electrons. The summed E-state index contributed by atoms with van der Waals surface area (Å²) in [5.74, 6) is 0. The number of carbonyl (C=O) groups excluding carboxylic acids is 1. The second kappa shape index (κ2) is 6.11. The number of hydrogen-bond donors (Lipinski definition) is 0. The molecule has 0 radical (unpaired) electrons. The van der Waals surface area contributed by atoms with Crippen molar-refractivity contribution < 1.29 is 18.7 Å². The summed E-state index contributed by atoms with van der Waals surface area (Å²) < 4.78 is 25.2. The summed E-state index contributed by atoms with van der Waals surface area (Å²) >= 11 is 0. The van der Waals surface area contributed by atoms with Crippen LogP contribution in [0.4, 0.5) is 9.18 Å². The fraction of sp³-hybridized carbons (Fsp3) is 0.611. The van der Waals surface area contributed by atoms with Crippen LogP contribution in [-0.4, -0.2) is 35.0 Å². The van der Waals surface area contributed by atoms with Gasteiger partial charge in [0.25, 0.3) is 0 Å². The van der Waals surface area contributed by atoms with Crippen molar-refractivity contribution in [1.82, 2.24) is 4.90 Å². The highest BCUT2D eigenvalue weighted by Gasteiger charge is 2.51. The molecule has 0 saturated carbocycles. The molecule has 0 aliphatic carbocycles. The van der Waals surface area contributed by atoms with Crippen LogP contribution >= 0.6 is 0 Å². The normalized spacial score (nSPS) is 23.9. The summed E-state index contributed by atoms with van der Waals surface area (Å²) in [5, 5.41) is 0. The Balaban J connectivity index is 2.32. The Bertz CT molecular complexity index is 563. The van der Waals surface area contributed by atoms with Crippen molar-refractivity contribution in [2.45, 2.75) is 65.0 Å². The number of benzene rings is 1. The van der Waals surface area contributed by atoms with E-state index in [9.17, 15) is 9.18 Å². The van der Waals surface area contributed by atoms with Crippen LogP contribution < -0.4 is 0 Å². The van der Waals surface area contributed by atoms with Crippen molar-refractivity contribution in [3.63, 3.8) is 0 Å². The fourth-order valence-corrected chi connectivity index (χ4v) is 2.84. The van der Waals surface area contributed by atoms with Gasteiger partial charge < -0.3 is 9.47 Å². The molecule has 1 heterocycles. The average Bonchev–Trinajstić information content (AvgIpc) is 2.68. The number of nitrogens with zero attached hydrogens (tertiary/aromatic N) is 1. The molecule has 0 N–H and O–H groups in total. The third-order valence-corrected chi connectivity index (χ3v) is 3.83. The number of rotatable bonds is 2. The summed E-state index contributed by atoms with van der Waals surface area (Å²) in [6.45, 7) is 10.2. The number of ether oxygens (including phenoxy) is 2. The van der Waals surface area contributed by atoms with Crippen LogP contribution in [-0.2, 0) is 9.47 Å². The first kappa shape index (κ1) is 17.7. The summed E-state index contributed by atoms with van der Waals surface area (Å²) in [5.41, 5.74) is 0.397. The van der Waals surface area contributed by atoms with Gasteiger partial charge in [-0.25, -0.2) is 9.18 Å². The molecular weight excluding hydrogens is 297 g/mol. The molecule has 0 aromatic heterocycles. The predicted octanol–water partition coefficient (Wildman–Crippen LogP) is 4.38. The van der Waals surface area contributed by atoms with E-state index in [0.717, 1.165) is 11.1 Å². The number of amides is 1. The second-order valence-corrected chi connectivity index (χ2v) is 7.47. The van der Waals surface area contributed by atoms with E-state index in [0.29, 0.717) is 0 Å². The monoisotopic (exact) mass is 323 g/mol. The van der Waals surface area contributed by atoms with Gasteiger partial charge in [0.1, 0.15) is 24.1 Å². The number of alkyl halides is 1. The third kappa shape index (κ3) is 3.83. The zero-order valence-corrected chi connectivity index (χ0v) is 14.7. The van der Waals surface area contributed by atoms with E-state index in [2.05, 4.69) is 0 Å². The largest absolute Gasteiger partial charge is 0.444 e. The van der Waals surface area contributed by atoms with E-state index in [1.54, 1.807) is 34.6 Å². The number of hydrogen-bond acceptors (Lipinski definition) is 3. The Hall–Kier alpha value is -1.62. The first-order valence-electron chi connectivity index (χ1n) is 7.88. The number of carbonyl (C=O) groups is 1. The summed E-state index contributed by atoms with van der Waals surface area (Å²) in [7, 11) is 0. The standard InChI is InChI=1S/C18H26FNO3/c1-12-7-9-13(10-8-12)15-14(11-19)20(18(5,6)22-15)16(21)23-17(2,3)4/h7-10,14-15H,11H2,1-6H3/t14-,15-/m1/s1. The van der Waals surface area contributed by atoms with Gasteiger partial charge in [-0.3, -0.25) is 4.90 Å². The Morgan fingerprint density at radius 2 is 1.87 bits per heavy atom. The first-order valence-corrected chi connectivity index (χ1v) is 7.88. The van der Waals surface area contributed by atoms with Crippen LogP contribution in [0, 0.1) is 6.92 Å². The minimum atomic E-state index is -0.936. The molecule has 0 bridgehead atoms. The van der Waals surface area contributed by atoms with Crippen molar-refractivity contribution in [3.8, 4) is 0 Å². The summed E-state index contributed by atoms with van der Waals surface area (Å²) in [6, 6.07) is 7.03. The molecule has 5 heteroatoms. The maximum Gasteiger partial charge on any atom is 0.413 e. The van der Waals surface area contributed by atoms with E-state index in [1.165, 1.54) is 4.90 Å². The molecule has 23 heavy (non-hydrogen) atoms. The lowest BCUT2D eigenvalue weighted by Gasteiger charge is -2.34. The highest BCUT2D eigenvalue weighted by atomic mass is 19.1. The molecule has 2 atom stereocenters. The highest BCUT2D eigenvalue weighted by molar-refractivity contribution is 5.70. The molecule has 1 saturated heterocycles. The van der Waals surface area contributed by atoms with Gasteiger partial charge in [0.2, 0.25) is 0 Å². The van der Waals surface area contributed by atoms with Crippen LogP contribution in [0.5, 0.6) is 0 Å². The first-order chi connectivity index (χ1) is 10.5. The van der Waals surface area contributed by atoms with Gasteiger partial charge in [-0.05, 0) is 47.1 Å². The van der Waals surface area contributed by atoms with Crippen LogP contribution in [0.2, 0.25) is 0 Å². The SMILES string of the molecule is Cc1ccc([C@H]2OC(C)(C)N(C(=O)OC(C)(C)C)[C@@H]2CF)cc1. The van der Waals surface area contributed by atoms with Crippen molar-refractivity contribution in [3.05, 3.63) is 35.4 Å². The van der Waals surface area contributed by atoms with Crippen molar-refractivity contribution in [2.75, 3.05) is 6.67 Å². The average molecular weight is 323 g/mol. The molecule has 1 aliphatic heterocycles. The lowest BCUT2D eigenvalue weighted by molar-refractivity contribution is -0.0797. The summed E-state index contributed by atoms with van der Waals surface area (Å²) in [6.07, 6.45) is -1.07. The molecule has 1 aromatic rings. The van der Waals surface area contributed by atoms with Crippen LogP contribution in [0.3, 0.4) is 0 Å². The number of aryl methyl sites for hydroxylation is 1. The van der Waals surface area contributed by atoms with Crippen molar-refractivity contribution >= 4 is 6.09 Å². The van der Waals surface area contributed by atoms with E-state index in [4.69, 9.17) is 9.47 Å². The Morgan fingerprint density at radius 3 is 2.35 bits per heavy atom. The zero-order chi connectivity index (χ0) is 17.4. The zero-order valence-electron chi connectivity index (χ0n) is 14.7. The minimum Gasteiger partial charge on any atom is -0.444 e. The van der Waals surface area contributed by atoms with Crippen LogP contribution in [0.1, 0.15) is 51.8 Å². The van der Waals surface area contributed by atoms with Gasteiger partial charge in [0.15, 0.2) is 0 Å². The van der Waals surface area contributed by atoms with Gasteiger partial charge in [0, 0.05) is 0 Å². The molecule has 1 fully saturated rings. The third-order valence-electron chi connectivity index (χ3n) is 3.83. The smallest absolute Gasteiger partial charge is 0.413 e. The predicted molar refractivity (Wildman–Crippen MR) is 86.9 cm³/mol. The lowest BCUT2D eigenvalue weighted by atomic mass is 10.0.